The Morgan fingerprint density at radius 1 is 0.952 bits per heavy atom. The van der Waals surface area contributed by atoms with E-state index in [0.29, 0.717) is 0 Å². The van der Waals surface area contributed by atoms with E-state index in [0.717, 1.165) is 34.3 Å². The average molecular weight is 296 g/mol. The number of nitrogen functional groups attached to an aromatic ring is 1. The van der Waals surface area contributed by atoms with Crippen LogP contribution < -0.4 is 15.8 Å². The molecule has 1 heterocycles. The molecule has 0 saturated carbocycles. The molecular formula is C17H16N2OS. The minimum atomic E-state index is 0.721. The molecule has 0 atom stereocenters. The third-order valence-corrected chi connectivity index (χ3v) is 3.98. The van der Waals surface area contributed by atoms with Crippen LogP contribution in [0.15, 0.2) is 66.0 Å². The van der Waals surface area contributed by atoms with Gasteiger partial charge in [-0.1, -0.05) is 24.3 Å². The summed E-state index contributed by atoms with van der Waals surface area (Å²) in [6.45, 7) is 0.721. The monoisotopic (exact) mass is 296 g/mol. The SMILES string of the molecule is Nc1ccsc1CNc1cccc(Oc2ccccc2)c1. The Balaban J connectivity index is 1.67. The highest BCUT2D eigenvalue weighted by Gasteiger charge is 2.02. The summed E-state index contributed by atoms with van der Waals surface area (Å²) >= 11 is 1.66. The van der Waals surface area contributed by atoms with E-state index in [9.17, 15) is 0 Å². The van der Waals surface area contributed by atoms with E-state index in [4.69, 9.17) is 10.5 Å². The number of benzene rings is 2. The van der Waals surface area contributed by atoms with Crippen LogP contribution in [0.5, 0.6) is 11.5 Å². The number of para-hydroxylation sites is 1. The molecule has 1 aromatic heterocycles. The van der Waals surface area contributed by atoms with Crippen LogP contribution in [-0.4, -0.2) is 0 Å². The molecule has 0 bridgehead atoms. The van der Waals surface area contributed by atoms with E-state index in [-0.39, 0.29) is 0 Å². The Morgan fingerprint density at radius 3 is 2.52 bits per heavy atom. The van der Waals surface area contributed by atoms with Crippen LogP contribution in [0.1, 0.15) is 4.88 Å². The molecule has 0 amide bonds. The van der Waals surface area contributed by atoms with Crippen molar-refractivity contribution in [2.75, 3.05) is 11.1 Å². The van der Waals surface area contributed by atoms with Gasteiger partial charge < -0.3 is 15.8 Å². The molecule has 0 saturated heterocycles. The minimum absolute atomic E-state index is 0.721. The molecule has 0 unspecified atom stereocenters. The first-order chi connectivity index (χ1) is 10.3. The smallest absolute Gasteiger partial charge is 0.129 e. The maximum Gasteiger partial charge on any atom is 0.129 e. The fraction of sp³-hybridized carbons (Fsp3) is 0.0588. The van der Waals surface area contributed by atoms with E-state index < -0.39 is 0 Å². The van der Waals surface area contributed by atoms with Crippen LogP contribution in [0, 0.1) is 0 Å². The van der Waals surface area contributed by atoms with Crippen molar-refractivity contribution in [2.24, 2.45) is 0 Å². The fourth-order valence-electron chi connectivity index (χ4n) is 1.97. The van der Waals surface area contributed by atoms with E-state index in [2.05, 4.69) is 5.32 Å². The van der Waals surface area contributed by atoms with Crippen LogP contribution in [-0.2, 0) is 6.54 Å². The van der Waals surface area contributed by atoms with Crippen molar-refractivity contribution in [1.29, 1.82) is 0 Å². The standard InChI is InChI=1S/C17H16N2OS/c18-16-9-10-21-17(16)12-19-13-5-4-8-15(11-13)20-14-6-2-1-3-7-14/h1-11,19H,12,18H2. The zero-order chi connectivity index (χ0) is 14.5. The molecule has 0 aliphatic rings. The van der Waals surface area contributed by atoms with Crippen molar-refractivity contribution < 1.29 is 4.74 Å². The number of rotatable bonds is 5. The highest BCUT2D eigenvalue weighted by molar-refractivity contribution is 7.10. The molecule has 3 nitrogen and oxygen atoms in total. The highest BCUT2D eigenvalue weighted by Crippen LogP contribution is 2.25. The second kappa shape index (κ2) is 6.33. The van der Waals surface area contributed by atoms with Gasteiger partial charge in [0.05, 0.1) is 6.54 Å². The summed E-state index contributed by atoms with van der Waals surface area (Å²) < 4.78 is 5.82. The van der Waals surface area contributed by atoms with Crippen LogP contribution in [0.25, 0.3) is 0 Å². The zero-order valence-corrected chi connectivity index (χ0v) is 12.3. The topological polar surface area (TPSA) is 47.3 Å². The second-order valence-electron chi connectivity index (χ2n) is 4.60. The van der Waals surface area contributed by atoms with Gasteiger partial charge in [-0.15, -0.1) is 11.3 Å². The van der Waals surface area contributed by atoms with Crippen LogP contribution in [0.4, 0.5) is 11.4 Å². The van der Waals surface area contributed by atoms with Crippen LogP contribution in [0.3, 0.4) is 0 Å². The molecule has 2 aromatic carbocycles. The predicted molar refractivity (Wildman–Crippen MR) is 89.0 cm³/mol. The van der Waals surface area contributed by atoms with Gasteiger partial charge in [0.15, 0.2) is 0 Å². The van der Waals surface area contributed by atoms with Gasteiger partial charge in [-0.05, 0) is 35.7 Å². The lowest BCUT2D eigenvalue weighted by Crippen LogP contribution is -2.00. The number of thiophene rings is 1. The first kappa shape index (κ1) is 13.5. The van der Waals surface area contributed by atoms with Gasteiger partial charge in [0.2, 0.25) is 0 Å². The lowest BCUT2D eigenvalue weighted by atomic mass is 10.3. The zero-order valence-electron chi connectivity index (χ0n) is 11.5. The van der Waals surface area contributed by atoms with Crippen molar-refractivity contribution in [3.8, 4) is 11.5 Å². The summed E-state index contributed by atoms with van der Waals surface area (Å²) in [4.78, 5) is 1.14. The molecule has 3 N–H and O–H groups in total. The highest BCUT2D eigenvalue weighted by atomic mass is 32.1. The molecule has 0 fully saturated rings. The first-order valence-corrected chi connectivity index (χ1v) is 7.58. The Morgan fingerprint density at radius 2 is 1.76 bits per heavy atom. The molecule has 0 spiro atoms. The van der Waals surface area contributed by atoms with Gasteiger partial charge in [0.1, 0.15) is 11.5 Å². The fourth-order valence-corrected chi connectivity index (χ4v) is 2.71. The number of anilines is 2. The largest absolute Gasteiger partial charge is 0.457 e. The van der Waals surface area contributed by atoms with E-state index in [1.165, 1.54) is 0 Å². The molecule has 4 heteroatoms. The van der Waals surface area contributed by atoms with Gasteiger partial charge in [0.25, 0.3) is 0 Å². The summed E-state index contributed by atoms with van der Waals surface area (Å²) in [5, 5.41) is 5.37. The molecule has 3 aromatic rings. The van der Waals surface area contributed by atoms with E-state index in [1.807, 2.05) is 66.0 Å². The second-order valence-corrected chi connectivity index (χ2v) is 5.60. The van der Waals surface area contributed by atoms with Gasteiger partial charge in [-0.25, -0.2) is 0 Å². The normalized spacial score (nSPS) is 10.3. The third-order valence-electron chi connectivity index (χ3n) is 3.05. The van der Waals surface area contributed by atoms with Gasteiger partial charge >= 0.3 is 0 Å². The van der Waals surface area contributed by atoms with Crippen molar-refractivity contribution in [3.63, 3.8) is 0 Å². The Hall–Kier alpha value is -2.46. The molecule has 106 valence electrons. The Bertz CT molecular complexity index is 710. The van der Waals surface area contributed by atoms with Gasteiger partial charge in [-0.3, -0.25) is 0 Å². The average Bonchev–Trinajstić information content (AvgIpc) is 2.92. The maximum absolute atomic E-state index is 5.88. The number of nitrogens with one attached hydrogen (secondary N) is 1. The van der Waals surface area contributed by atoms with Crippen molar-refractivity contribution >= 4 is 22.7 Å². The number of ether oxygens (including phenoxy) is 1. The van der Waals surface area contributed by atoms with Gasteiger partial charge in [0, 0.05) is 22.3 Å². The quantitative estimate of drug-likeness (QED) is 0.715. The van der Waals surface area contributed by atoms with Gasteiger partial charge in [-0.2, -0.15) is 0 Å². The van der Waals surface area contributed by atoms with E-state index in [1.54, 1.807) is 11.3 Å². The van der Waals surface area contributed by atoms with Crippen LogP contribution >= 0.6 is 11.3 Å². The molecule has 0 radical (unpaired) electrons. The summed E-state index contributed by atoms with van der Waals surface area (Å²) in [5.41, 5.74) is 7.73. The van der Waals surface area contributed by atoms with Crippen molar-refractivity contribution in [3.05, 3.63) is 70.9 Å². The summed E-state index contributed by atoms with van der Waals surface area (Å²) in [7, 11) is 0. The van der Waals surface area contributed by atoms with Crippen molar-refractivity contribution in [1.82, 2.24) is 0 Å². The van der Waals surface area contributed by atoms with Crippen molar-refractivity contribution in [2.45, 2.75) is 6.54 Å². The first-order valence-electron chi connectivity index (χ1n) is 6.70. The maximum atomic E-state index is 5.88. The number of nitrogens with two attached hydrogens (primary N) is 1. The lowest BCUT2D eigenvalue weighted by molar-refractivity contribution is 0.483. The summed E-state index contributed by atoms with van der Waals surface area (Å²) in [6, 6.07) is 19.6. The third kappa shape index (κ3) is 3.55. The number of hydrogen-bond donors (Lipinski definition) is 2. The molecule has 21 heavy (non-hydrogen) atoms. The lowest BCUT2D eigenvalue weighted by Gasteiger charge is -2.09. The Kier molecular flexibility index (Phi) is 4.07. The number of hydrogen-bond acceptors (Lipinski definition) is 4. The molecule has 3 rings (SSSR count). The molecule has 0 aliphatic carbocycles. The summed E-state index contributed by atoms with van der Waals surface area (Å²) in [5.74, 6) is 1.64. The predicted octanol–water partition coefficient (Wildman–Crippen LogP) is 4.73. The minimum Gasteiger partial charge on any atom is -0.457 e. The van der Waals surface area contributed by atoms with Crippen LogP contribution in [0.2, 0.25) is 0 Å². The molecular weight excluding hydrogens is 280 g/mol. The Labute approximate surface area is 128 Å². The molecule has 0 aliphatic heterocycles. The van der Waals surface area contributed by atoms with E-state index >= 15 is 0 Å². The summed E-state index contributed by atoms with van der Waals surface area (Å²) in [6.07, 6.45) is 0.